The zero-order valence-corrected chi connectivity index (χ0v) is 21.8. The largest absolute Gasteiger partial charge is 0.493 e. The predicted octanol–water partition coefficient (Wildman–Crippen LogP) is 4.14. The van der Waals surface area contributed by atoms with Gasteiger partial charge in [-0.15, -0.1) is 35.3 Å². The highest BCUT2D eigenvalue weighted by Gasteiger charge is 2.24. The molecule has 2 N–H and O–H groups in total. The van der Waals surface area contributed by atoms with E-state index in [2.05, 4.69) is 39.6 Å². The van der Waals surface area contributed by atoms with Gasteiger partial charge in [0.25, 0.3) is 0 Å². The second-order valence-corrected chi connectivity index (χ2v) is 8.31. The Bertz CT molecular complexity index is 840. The van der Waals surface area contributed by atoms with E-state index in [-0.39, 0.29) is 30.0 Å². The molecule has 0 radical (unpaired) electrons. The molecule has 0 aliphatic carbocycles. The first-order valence-corrected chi connectivity index (χ1v) is 11.1. The number of anilines is 1. The number of hydrogen-bond acceptors (Lipinski definition) is 6. The minimum absolute atomic E-state index is 0. The van der Waals surface area contributed by atoms with Crippen LogP contribution in [0.1, 0.15) is 22.7 Å². The van der Waals surface area contributed by atoms with E-state index in [0.717, 1.165) is 44.3 Å². The number of aliphatic imine (C=N–C) groups is 1. The number of aryl methyl sites for hydroxylation is 1. The lowest BCUT2D eigenvalue weighted by atomic mass is 10.2. The van der Waals surface area contributed by atoms with Crippen molar-refractivity contribution >= 4 is 47.0 Å². The summed E-state index contributed by atoms with van der Waals surface area (Å²) in [4.78, 5) is 9.56. The molecule has 1 aromatic heterocycles. The van der Waals surface area contributed by atoms with Gasteiger partial charge in [0.1, 0.15) is 0 Å². The lowest BCUT2D eigenvalue weighted by molar-refractivity contribution is 0.0177. The molecule has 1 aliphatic heterocycles. The van der Waals surface area contributed by atoms with Gasteiger partial charge >= 0.3 is 0 Å². The summed E-state index contributed by atoms with van der Waals surface area (Å²) in [6.07, 6.45) is 0. The van der Waals surface area contributed by atoms with Crippen molar-refractivity contribution in [3.63, 3.8) is 0 Å². The van der Waals surface area contributed by atoms with Gasteiger partial charge in [-0.05, 0) is 38.1 Å². The monoisotopic (exact) mass is 560 g/mol. The Hall–Kier alpha value is -1.56. The van der Waals surface area contributed by atoms with Crippen LogP contribution in [0, 0.1) is 6.92 Å². The normalized spacial score (nSPS) is 15.7. The first-order valence-electron chi connectivity index (χ1n) is 10.3. The van der Waals surface area contributed by atoms with Gasteiger partial charge in [-0.2, -0.15) is 0 Å². The third kappa shape index (κ3) is 7.23. The molecule has 1 saturated heterocycles. The van der Waals surface area contributed by atoms with Crippen LogP contribution in [0.2, 0.25) is 0 Å². The average Bonchev–Trinajstić information content (AvgIpc) is 3.20. The summed E-state index contributed by atoms with van der Waals surface area (Å²) in [6, 6.07) is 10.5. The van der Waals surface area contributed by atoms with Crippen LogP contribution in [-0.2, 0) is 4.74 Å². The van der Waals surface area contributed by atoms with Gasteiger partial charge in [-0.1, -0.05) is 0 Å². The Morgan fingerprint density at radius 1 is 1.23 bits per heavy atom. The summed E-state index contributed by atoms with van der Waals surface area (Å²) >= 11 is 1.85. The van der Waals surface area contributed by atoms with E-state index in [9.17, 15) is 0 Å². The Morgan fingerprint density at radius 2 is 2.00 bits per heavy atom. The van der Waals surface area contributed by atoms with E-state index in [1.165, 1.54) is 9.75 Å². The molecule has 0 saturated carbocycles. The van der Waals surface area contributed by atoms with E-state index >= 15 is 0 Å². The van der Waals surface area contributed by atoms with Crippen LogP contribution in [0.25, 0.3) is 0 Å². The van der Waals surface area contributed by atoms with Crippen molar-refractivity contribution in [2.24, 2.45) is 4.99 Å². The number of nitrogens with one attached hydrogen (secondary N) is 2. The number of benzene rings is 1. The lowest BCUT2D eigenvalue weighted by Crippen LogP contribution is -2.44. The number of halogens is 1. The summed E-state index contributed by atoms with van der Waals surface area (Å²) in [5.74, 6) is 2.14. The van der Waals surface area contributed by atoms with Crippen LogP contribution in [0.3, 0.4) is 0 Å². The van der Waals surface area contributed by atoms with E-state index in [1.807, 2.05) is 36.5 Å². The van der Waals surface area contributed by atoms with Crippen LogP contribution in [0.15, 0.2) is 35.3 Å². The van der Waals surface area contributed by atoms with Gasteiger partial charge in [0.05, 0.1) is 33.0 Å². The first-order chi connectivity index (χ1) is 14.6. The predicted molar refractivity (Wildman–Crippen MR) is 139 cm³/mol. The van der Waals surface area contributed by atoms with E-state index in [4.69, 9.17) is 14.2 Å². The zero-order valence-electron chi connectivity index (χ0n) is 18.6. The summed E-state index contributed by atoms with van der Waals surface area (Å²) < 4.78 is 16.6. The number of nitrogens with zero attached hydrogens (tertiary/aromatic N) is 2. The highest BCUT2D eigenvalue weighted by atomic mass is 127. The number of thiophene rings is 1. The molecule has 1 atom stereocenters. The average molecular weight is 561 g/mol. The molecule has 3 rings (SSSR count). The molecule has 0 spiro atoms. The maximum absolute atomic E-state index is 5.60. The molecular weight excluding hydrogens is 527 g/mol. The van der Waals surface area contributed by atoms with Gasteiger partial charge in [0.2, 0.25) is 0 Å². The fraction of sp³-hybridized carbons (Fsp3) is 0.500. The molecule has 1 aliphatic rings. The second-order valence-electron chi connectivity index (χ2n) is 6.99. The minimum atomic E-state index is 0. The van der Waals surface area contributed by atoms with Gasteiger partial charge in [0, 0.05) is 48.2 Å². The molecule has 0 amide bonds. The van der Waals surface area contributed by atoms with E-state index in [1.54, 1.807) is 14.2 Å². The van der Waals surface area contributed by atoms with Crippen molar-refractivity contribution in [2.75, 3.05) is 58.9 Å². The number of hydrogen-bond donors (Lipinski definition) is 2. The molecule has 1 fully saturated rings. The summed E-state index contributed by atoms with van der Waals surface area (Å²) in [5, 5.41) is 6.84. The third-order valence-electron chi connectivity index (χ3n) is 4.99. The topological polar surface area (TPSA) is 67.4 Å². The highest BCUT2D eigenvalue weighted by Crippen LogP contribution is 2.30. The molecule has 2 aromatic rings. The van der Waals surface area contributed by atoms with Crippen LogP contribution < -0.4 is 20.1 Å². The molecule has 9 heteroatoms. The smallest absolute Gasteiger partial charge is 0.195 e. The van der Waals surface area contributed by atoms with Crippen molar-refractivity contribution in [3.8, 4) is 11.5 Å². The van der Waals surface area contributed by atoms with Crippen molar-refractivity contribution in [2.45, 2.75) is 19.9 Å². The van der Waals surface area contributed by atoms with Gasteiger partial charge in [-0.3, -0.25) is 9.89 Å². The first kappa shape index (κ1) is 25.7. The van der Waals surface area contributed by atoms with Gasteiger partial charge in [-0.25, -0.2) is 0 Å². The Kier molecular flexibility index (Phi) is 10.9. The fourth-order valence-electron chi connectivity index (χ4n) is 3.46. The van der Waals surface area contributed by atoms with Crippen molar-refractivity contribution in [1.29, 1.82) is 0 Å². The fourth-order valence-corrected chi connectivity index (χ4v) is 4.47. The highest BCUT2D eigenvalue weighted by molar-refractivity contribution is 14.0. The Balaban J connectivity index is 0.00000341. The van der Waals surface area contributed by atoms with E-state index < -0.39 is 0 Å². The second kappa shape index (κ2) is 13.1. The van der Waals surface area contributed by atoms with Crippen LogP contribution in [0.5, 0.6) is 11.5 Å². The minimum Gasteiger partial charge on any atom is -0.493 e. The van der Waals surface area contributed by atoms with Crippen molar-refractivity contribution in [1.82, 2.24) is 10.2 Å². The van der Waals surface area contributed by atoms with Gasteiger partial charge in [0.15, 0.2) is 17.5 Å². The molecule has 0 bridgehead atoms. The quantitative estimate of drug-likeness (QED) is 0.288. The molecule has 1 aromatic carbocycles. The lowest BCUT2D eigenvalue weighted by Gasteiger charge is -2.34. The third-order valence-corrected chi connectivity index (χ3v) is 6.09. The number of ether oxygens (including phenoxy) is 3. The Morgan fingerprint density at radius 3 is 2.61 bits per heavy atom. The number of morpholine rings is 1. The number of methoxy groups -OCH3 is 1. The van der Waals surface area contributed by atoms with Crippen LogP contribution in [0.4, 0.5) is 5.69 Å². The van der Waals surface area contributed by atoms with E-state index in [0.29, 0.717) is 18.3 Å². The molecule has 31 heavy (non-hydrogen) atoms. The number of guanidine groups is 1. The van der Waals surface area contributed by atoms with Gasteiger partial charge < -0.3 is 24.8 Å². The summed E-state index contributed by atoms with van der Waals surface area (Å²) in [7, 11) is 3.42. The van der Waals surface area contributed by atoms with Crippen LogP contribution in [-0.4, -0.2) is 64.5 Å². The van der Waals surface area contributed by atoms with Crippen molar-refractivity contribution in [3.05, 3.63) is 40.1 Å². The summed E-state index contributed by atoms with van der Waals surface area (Å²) in [6.45, 7) is 8.89. The standard InChI is InChI=1S/C22H32N4O3S.HI/c1-5-29-19-8-7-17(14-20(19)27-4)25-22(23-3)24-15-18(21-9-6-16(2)30-21)26-10-12-28-13-11-26;/h6-9,14,18H,5,10-13,15H2,1-4H3,(H2,23,24,25);1H. The van der Waals surface area contributed by atoms with Crippen molar-refractivity contribution < 1.29 is 14.2 Å². The molecule has 1 unspecified atom stereocenters. The number of rotatable bonds is 8. The molecule has 2 heterocycles. The zero-order chi connectivity index (χ0) is 21.3. The molecule has 7 nitrogen and oxygen atoms in total. The maximum Gasteiger partial charge on any atom is 0.195 e. The molecular formula is C22H33IN4O3S. The maximum atomic E-state index is 5.60. The summed E-state index contributed by atoms with van der Waals surface area (Å²) in [5.41, 5.74) is 0.887. The molecule has 172 valence electrons. The van der Waals surface area contributed by atoms with Crippen LogP contribution >= 0.6 is 35.3 Å². The SMILES string of the molecule is CCOc1ccc(NC(=NC)NCC(c2ccc(C)s2)N2CCOCC2)cc1OC.I. The Labute approximate surface area is 206 Å².